The van der Waals surface area contributed by atoms with Crippen LogP contribution in [-0.2, 0) is 4.79 Å². The summed E-state index contributed by atoms with van der Waals surface area (Å²) in [5.41, 5.74) is 0. The average molecular weight is 200 g/mol. The van der Waals surface area contributed by atoms with E-state index in [9.17, 15) is 4.79 Å². The molecule has 0 aromatic heterocycles. The zero-order valence-electron chi connectivity index (χ0n) is 8.41. The summed E-state index contributed by atoms with van der Waals surface area (Å²) in [4.78, 5) is 13.0. The SMILES string of the molecule is CCC(CSC)N(C)C(=O)CC#N. The van der Waals surface area contributed by atoms with Crippen molar-refractivity contribution in [2.75, 3.05) is 19.1 Å². The van der Waals surface area contributed by atoms with Gasteiger partial charge in [-0.2, -0.15) is 17.0 Å². The number of carbonyl (C=O) groups is 1. The molecule has 0 aliphatic heterocycles. The van der Waals surface area contributed by atoms with Gasteiger partial charge < -0.3 is 4.90 Å². The molecule has 0 aliphatic carbocycles. The van der Waals surface area contributed by atoms with Gasteiger partial charge in [-0.15, -0.1) is 0 Å². The second-order valence-electron chi connectivity index (χ2n) is 2.86. The Morgan fingerprint density at radius 3 is 2.69 bits per heavy atom. The molecule has 1 unspecified atom stereocenters. The maximum atomic E-state index is 11.3. The summed E-state index contributed by atoms with van der Waals surface area (Å²) in [5.74, 6) is 0.855. The number of amides is 1. The number of carbonyl (C=O) groups excluding carboxylic acids is 1. The van der Waals surface area contributed by atoms with Crippen LogP contribution in [0.15, 0.2) is 0 Å². The van der Waals surface area contributed by atoms with E-state index in [1.165, 1.54) is 0 Å². The highest BCUT2D eigenvalue weighted by Crippen LogP contribution is 2.09. The second kappa shape index (κ2) is 6.79. The van der Waals surface area contributed by atoms with Crippen LogP contribution in [0.3, 0.4) is 0 Å². The number of thioether (sulfide) groups is 1. The molecule has 0 bridgehead atoms. The van der Waals surface area contributed by atoms with Crippen LogP contribution >= 0.6 is 11.8 Å². The highest BCUT2D eigenvalue weighted by Gasteiger charge is 2.16. The van der Waals surface area contributed by atoms with Gasteiger partial charge in [-0.1, -0.05) is 6.92 Å². The van der Waals surface area contributed by atoms with E-state index < -0.39 is 0 Å². The van der Waals surface area contributed by atoms with Crippen molar-refractivity contribution in [3.05, 3.63) is 0 Å². The van der Waals surface area contributed by atoms with Gasteiger partial charge >= 0.3 is 0 Å². The van der Waals surface area contributed by atoms with Crippen LogP contribution in [0.4, 0.5) is 0 Å². The molecular weight excluding hydrogens is 184 g/mol. The van der Waals surface area contributed by atoms with Crippen molar-refractivity contribution in [1.29, 1.82) is 5.26 Å². The molecule has 0 heterocycles. The topological polar surface area (TPSA) is 44.1 Å². The molecule has 0 N–H and O–H groups in total. The van der Waals surface area contributed by atoms with Crippen LogP contribution in [0.2, 0.25) is 0 Å². The molecule has 3 nitrogen and oxygen atoms in total. The summed E-state index contributed by atoms with van der Waals surface area (Å²) in [6, 6.07) is 2.13. The maximum absolute atomic E-state index is 11.3. The first kappa shape index (κ1) is 12.3. The Bertz CT molecular complexity index is 200. The second-order valence-corrected chi connectivity index (χ2v) is 3.77. The lowest BCUT2D eigenvalue weighted by Gasteiger charge is -2.25. The Morgan fingerprint density at radius 2 is 2.31 bits per heavy atom. The van der Waals surface area contributed by atoms with Gasteiger partial charge in [0.25, 0.3) is 0 Å². The molecule has 4 heteroatoms. The summed E-state index contributed by atoms with van der Waals surface area (Å²) in [5, 5.41) is 8.37. The molecule has 0 aromatic carbocycles. The van der Waals surface area contributed by atoms with Gasteiger partial charge in [0.15, 0.2) is 0 Å². The molecule has 0 rings (SSSR count). The van der Waals surface area contributed by atoms with Crippen LogP contribution in [-0.4, -0.2) is 35.9 Å². The smallest absolute Gasteiger partial charge is 0.236 e. The van der Waals surface area contributed by atoms with Gasteiger partial charge in [-0.05, 0) is 12.7 Å². The Balaban J connectivity index is 4.11. The summed E-state index contributed by atoms with van der Waals surface area (Å²) < 4.78 is 0. The predicted molar refractivity (Wildman–Crippen MR) is 55.5 cm³/mol. The van der Waals surface area contributed by atoms with Gasteiger partial charge in [0, 0.05) is 18.8 Å². The Labute approximate surface area is 84.1 Å². The van der Waals surface area contributed by atoms with Crippen molar-refractivity contribution in [1.82, 2.24) is 4.90 Å². The summed E-state index contributed by atoms with van der Waals surface area (Å²) in [7, 11) is 1.77. The lowest BCUT2D eigenvalue weighted by molar-refractivity contribution is -0.130. The minimum Gasteiger partial charge on any atom is -0.341 e. The van der Waals surface area contributed by atoms with Gasteiger partial charge in [0.2, 0.25) is 5.91 Å². The zero-order chi connectivity index (χ0) is 10.3. The third kappa shape index (κ3) is 4.18. The number of hydrogen-bond acceptors (Lipinski definition) is 3. The molecule has 0 fully saturated rings. The third-order valence-electron chi connectivity index (χ3n) is 2.00. The highest BCUT2D eigenvalue weighted by atomic mass is 32.2. The van der Waals surface area contributed by atoms with Crippen molar-refractivity contribution in [3.63, 3.8) is 0 Å². The molecule has 74 valence electrons. The standard InChI is InChI=1S/C9H16N2OS/c1-4-8(7-13-3)11(2)9(12)5-6-10/h8H,4-5,7H2,1-3H3. The van der Waals surface area contributed by atoms with E-state index in [1.54, 1.807) is 23.7 Å². The van der Waals surface area contributed by atoms with E-state index in [1.807, 2.05) is 12.3 Å². The fourth-order valence-corrected chi connectivity index (χ4v) is 1.94. The number of nitriles is 1. The maximum Gasteiger partial charge on any atom is 0.236 e. The molecule has 1 amide bonds. The average Bonchev–Trinajstić information content (AvgIpc) is 2.13. The zero-order valence-corrected chi connectivity index (χ0v) is 9.23. The molecule has 0 saturated carbocycles. The monoisotopic (exact) mass is 200 g/mol. The Kier molecular flexibility index (Phi) is 6.43. The van der Waals surface area contributed by atoms with Crippen LogP contribution < -0.4 is 0 Å². The van der Waals surface area contributed by atoms with Crippen LogP contribution in [0.5, 0.6) is 0 Å². The molecule has 0 aliphatic rings. The van der Waals surface area contributed by atoms with E-state index in [-0.39, 0.29) is 18.4 Å². The Hall–Kier alpha value is -0.690. The summed E-state index contributed by atoms with van der Waals surface area (Å²) >= 11 is 1.72. The van der Waals surface area contributed by atoms with Crippen molar-refractivity contribution < 1.29 is 4.79 Å². The van der Waals surface area contributed by atoms with Crippen molar-refractivity contribution in [2.24, 2.45) is 0 Å². The molecular formula is C9H16N2OS. The van der Waals surface area contributed by atoms with E-state index in [4.69, 9.17) is 5.26 Å². The fraction of sp³-hybridized carbons (Fsp3) is 0.778. The lowest BCUT2D eigenvalue weighted by atomic mass is 10.2. The van der Waals surface area contributed by atoms with E-state index in [0.717, 1.165) is 12.2 Å². The van der Waals surface area contributed by atoms with E-state index in [2.05, 4.69) is 6.92 Å². The predicted octanol–water partition coefficient (Wildman–Crippen LogP) is 1.50. The van der Waals surface area contributed by atoms with E-state index in [0.29, 0.717) is 0 Å². The first-order chi connectivity index (χ1) is 6.17. The van der Waals surface area contributed by atoms with Gasteiger partial charge in [-0.3, -0.25) is 4.79 Å². The first-order valence-electron chi connectivity index (χ1n) is 4.28. The van der Waals surface area contributed by atoms with Crippen LogP contribution in [0.25, 0.3) is 0 Å². The van der Waals surface area contributed by atoms with Crippen molar-refractivity contribution in [2.45, 2.75) is 25.8 Å². The van der Waals surface area contributed by atoms with Crippen LogP contribution in [0.1, 0.15) is 19.8 Å². The molecule has 0 aromatic rings. The quantitative estimate of drug-likeness (QED) is 0.675. The normalized spacial score (nSPS) is 11.8. The van der Waals surface area contributed by atoms with E-state index >= 15 is 0 Å². The molecule has 0 radical (unpaired) electrons. The summed E-state index contributed by atoms with van der Waals surface area (Å²) in [6.07, 6.45) is 2.95. The fourth-order valence-electron chi connectivity index (χ4n) is 1.09. The number of nitrogens with zero attached hydrogens (tertiary/aromatic N) is 2. The molecule has 0 spiro atoms. The van der Waals surface area contributed by atoms with Gasteiger partial charge in [0.1, 0.15) is 6.42 Å². The number of rotatable bonds is 5. The van der Waals surface area contributed by atoms with Gasteiger partial charge in [0.05, 0.1) is 6.07 Å². The van der Waals surface area contributed by atoms with Crippen molar-refractivity contribution in [3.8, 4) is 6.07 Å². The first-order valence-corrected chi connectivity index (χ1v) is 5.68. The third-order valence-corrected chi connectivity index (χ3v) is 2.72. The summed E-state index contributed by atoms with van der Waals surface area (Å²) in [6.45, 7) is 2.05. The van der Waals surface area contributed by atoms with Gasteiger partial charge in [-0.25, -0.2) is 0 Å². The minimum atomic E-state index is -0.0802. The lowest BCUT2D eigenvalue weighted by Crippen LogP contribution is -2.37. The largest absolute Gasteiger partial charge is 0.341 e. The van der Waals surface area contributed by atoms with Crippen molar-refractivity contribution >= 4 is 17.7 Å². The molecule has 1 atom stereocenters. The molecule has 0 saturated heterocycles. The number of hydrogen-bond donors (Lipinski definition) is 0. The Morgan fingerprint density at radius 1 is 1.69 bits per heavy atom. The minimum absolute atomic E-state index is 0.0125. The van der Waals surface area contributed by atoms with Crippen LogP contribution in [0, 0.1) is 11.3 Å². The molecule has 13 heavy (non-hydrogen) atoms. The highest BCUT2D eigenvalue weighted by molar-refractivity contribution is 7.98.